The fraction of sp³-hybridized carbons (Fsp3) is 0.294. The van der Waals surface area contributed by atoms with Gasteiger partial charge in [-0.05, 0) is 35.4 Å². The van der Waals surface area contributed by atoms with Crippen LogP contribution in [0.4, 0.5) is 0 Å². The quantitative estimate of drug-likeness (QED) is 0.625. The smallest absolute Gasteiger partial charge is 0.0933 e. The highest BCUT2D eigenvalue weighted by atomic mass is 16.6. The SMILES string of the molecule is c1ccc(CONCc2ccccc2C2CC2)cc1. The number of nitrogens with one attached hydrogen (secondary N) is 1. The Balaban J connectivity index is 1.50. The summed E-state index contributed by atoms with van der Waals surface area (Å²) in [5.41, 5.74) is 7.10. The standard InChI is InChI=1S/C17H19NO/c1-2-6-14(7-3-1)13-19-18-12-16-8-4-5-9-17(16)15-10-11-15/h1-9,15,18H,10-13H2. The van der Waals surface area contributed by atoms with Crippen molar-refractivity contribution in [3.05, 3.63) is 71.3 Å². The van der Waals surface area contributed by atoms with Crippen molar-refractivity contribution in [3.8, 4) is 0 Å². The molecule has 2 heteroatoms. The molecule has 2 aromatic rings. The molecule has 2 aromatic carbocycles. The summed E-state index contributed by atoms with van der Waals surface area (Å²) < 4.78 is 0. The molecule has 19 heavy (non-hydrogen) atoms. The summed E-state index contributed by atoms with van der Waals surface area (Å²) in [6, 6.07) is 18.9. The summed E-state index contributed by atoms with van der Waals surface area (Å²) in [4.78, 5) is 5.53. The Morgan fingerprint density at radius 1 is 0.947 bits per heavy atom. The lowest BCUT2D eigenvalue weighted by Crippen LogP contribution is -2.14. The lowest BCUT2D eigenvalue weighted by molar-refractivity contribution is 0.0234. The second-order valence-corrected chi connectivity index (χ2v) is 5.07. The highest BCUT2D eigenvalue weighted by molar-refractivity contribution is 5.32. The van der Waals surface area contributed by atoms with Crippen LogP contribution in [0.5, 0.6) is 0 Å². The van der Waals surface area contributed by atoms with Crippen molar-refractivity contribution in [3.63, 3.8) is 0 Å². The topological polar surface area (TPSA) is 21.3 Å². The van der Waals surface area contributed by atoms with Gasteiger partial charge in [-0.15, -0.1) is 0 Å². The summed E-state index contributed by atoms with van der Waals surface area (Å²) in [6.07, 6.45) is 2.67. The van der Waals surface area contributed by atoms with E-state index < -0.39 is 0 Å². The summed E-state index contributed by atoms with van der Waals surface area (Å²) in [7, 11) is 0. The Hall–Kier alpha value is -1.64. The van der Waals surface area contributed by atoms with Crippen LogP contribution in [0, 0.1) is 0 Å². The van der Waals surface area contributed by atoms with Gasteiger partial charge < -0.3 is 0 Å². The van der Waals surface area contributed by atoms with E-state index in [-0.39, 0.29) is 0 Å². The lowest BCUT2D eigenvalue weighted by atomic mass is 10.0. The maximum absolute atomic E-state index is 5.53. The largest absolute Gasteiger partial charge is 0.297 e. The normalized spacial score (nSPS) is 14.5. The molecule has 2 nitrogen and oxygen atoms in total. The lowest BCUT2D eigenvalue weighted by Gasteiger charge is -2.10. The molecule has 1 saturated carbocycles. The van der Waals surface area contributed by atoms with E-state index in [4.69, 9.17) is 4.84 Å². The molecule has 3 rings (SSSR count). The molecule has 1 fully saturated rings. The molecule has 1 N–H and O–H groups in total. The first-order valence-electron chi connectivity index (χ1n) is 6.90. The minimum absolute atomic E-state index is 0.604. The molecule has 0 amide bonds. The monoisotopic (exact) mass is 253 g/mol. The fourth-order valence-electron chi connectivity index (χ4n) is 2.33. The number of rotatable bonds is 6. The predicted octanol–water partition coefficient (Wildman–Crippen LogP) is 3.79. The van der Waals surface area contributed by atoms with Crippen LogP contribution in [0.3, 0.4) is 0 Å². The van der Waals surface area contributed by atoms with Gasteiger partial charge in [-0.25, -0.2) is 0 Å². The van der Waals surface area contributed by atoms with Gasteiger partial charge in [-0.3, -0.25) is 4.84 Å². The van der Waals surface area contributed by atoms with Gasteiger partial charge in [0.1, 0.15) is 0 Å². The molecule has 0 aliphatic heterocycles. The van der Waals surface area contributed by atoms with Gasteiger partial charge in [0.2, 0.25) is 0 Å². The van der Waals surface area contributed by atoms with Crippen LogP contribution in [-0.2, 0) is 18.0 Å². The van der Waals surface area contributed by atoms with Crippen molar-refractivity contribution in [2.45, 2.75) is 31.9 Å². The van der Waals surface area contributed by atoms with Crippen LogP contribution in [0.2, 0.25) is 0 Å². The third kappa shape index (κ3) is 3.43. The molecule has 0 aromatic heterocycles. The van der Waals surface area contributed by atoms with E-state index in [1.165, 1.54) is 29.5 Å². The average molecular weight is 253 g/mol. The Kier molecular flexibility index (Phi) is 3.92. The zero-order valence-electron chi connectivity index (χ0n) is 11.0. The summed E-state index contributed by atoms with van der Waals surface area (Å²) in [6.45, 7) is 1.38. The molecule has 0 spiro atoms. The van der Waals surface area contributed by atoms with Crippen LogP contribution < -0.4 is 5.48 Å². The van der Waals surface area contributed by atoms with Crippen LogP contribution in [0.25, 0.3) is 0 Å². The van der Waals surface area contributed by atoms with Gasteiger partial charge in [0, 0.05) is 6.54 Å². The van der Waals surface area contributed by atoms with E-state index in [0.717, 1.165) is 12.5 Å². The van der Waals surface area contributed by atoms with Gasteiger partial charge in [0.15, 0.2) is 0 Å². The molecular weight excluding hydrogens is 234 g/mol. The maximum Gasteiger partial charge on any atom is 0.0933 e. The van der Waals surface area contributed by atoms with Crippen LogP contribution >= 0.6 is 0 Å². The number of hydrogen-bond acceptors (Lipinski definition) is 2. The van der Waals surface area contributed by atoms with Crippen molar-refractivity contribution in [1.82, 2.24) is 5.48 Å². The van der Waals surface area contributed by atoms with E-state index in [1.807, 2.05) is 18.2 Å². The van der Waals surface area contributed by atoms with Crippen LogP contribution in [0.1, 0.15) is 35.4 Å². The highest BCUT2D eigenvalue weighted by Gasteiger charge is 2.25. The molecular formula is C17H19NO. The number of hydrogen-bond donors (Lipinski definition) is 1. The minimum Gasteiger partial charge on any atom is -0.297 e. The Bertz CT molecular complexity index is 520. The van der Waals surface area contributed by atoms with Crippen molar-refractivity contribution < 1.29 is 4.84 Å². The van der Waals surface area contributed by atoms with Crippen molar-refractivity contribution in [2.75, 3.05) is 0 Å². The zero-order valence-corrected chi connectivity index (χ0v) is 11.0. The second-order valence-electron chi connectivity index (χ2n) is 5.07. The van der Waals surface area contributed by atoms with E-state index in [2.05, 4.69) is 41.9 Å². The van der Waals surface area contributed by atoms with Crippen molar-refractivity contribution >= 4 is 0 Å². The first-order valence-corrected chi connectivity index (χ1v) is 6.90. The third-order valence-electron chi connectivity index (χ3n) is 3.52. The fourth-order valence-corrected chi connectivity index (χ4v) is 2.33. The van der Waals surface area contributed by atoms with E-state index >= 15 is 0 Å². The molecule has 0 atom stereocenters. The zero-order chi connectivity index (χ0) is 12.9. The second kappa shape index (κ2) is 6.00. The average Bonchev–Trinajstić information content (AvgIpc) is 3.30. The Morgan fingerprint density at radius 2 is 1.68 bits per heavy atom. The van der Waals surface area contributed by atoms with E-state index in [0.29, 0.717) is 6.61 Å². The molecule has 0 saturated heterocycles. The van der Waals surface area contributed by atoms with E-state index in [1.54, 1.807) is 0 Å². The Labute approximate surface area is 114 Å². The van der Waals surface area contributed by atoms with E-state index in [9.17, 15) is 0 Å². The number of hydroxylamine groups is 1. The van der Waals surface area contributed by atoms with Crippen molar-refractivity contribution in [2.24, 2.45) is 0 Å². The molecule has 1 aliphatic carbocycles. The molecule has 0 bridgehead atoms. The number of benzene rings is 2. The van der Waals surface area contributed by atoms with Crippen LogP contribution in [-0.4, -0.2) is 0 Å². The molecule has 98 valence electrons. The summed E-state index contributed by atoms with van der Waals surface area (Å²) in [5, 5.41) is 0. The summed E-state index contributed by atoms with van der Waals surface area (Å²) >= 11 is 0. The molecule has 1 aliphatic rings. The summed E-state index contributed by atoms with van der Waals surface area (Å²) in [5.74, 6) is 0.784. The molecule has 0 heterocycles. The molecule has 0 unspecified atom stereocenters. The Morgan fingerprint density at radius 3 is 2.47 bits per heavy atom. The first kappa shape index (κ1) is 12.4. The molecule has 0 radical (unpaired) electrons. The maximum atomic E-state index is 5.53. The van der Waals surface area contributed by atoms with Gasteiger partial charge >= 0.3 is 0 Å². The van der Waals surface area contributed by atoms with Crippen molar-refractivity contribution in [1.29, 1.82) is 0 Å². The predicted molar refractivity (Wildman–Crippen MR) is 76.5 cm³/mol. The third-order valence-corrected chi connectivity index (χ3v) is 3.52. The van der Waals surface area contributed by atoms with Gasteiger partial charge in [-0.1, -0.05) is 54.6 Å². The van der Waals surface area contributed by atoms with Gasteiger partial charge in [0.05, 0.1) is 6.61 Å². The van der Waals surface area contributed by atoms with Crippen LogP contribution in [0.15, 0.2) is 54.6 Å². The van der Waals surface area contributed by atoms with Gasteiger partial charge in [0.25, 0.3) is 0 Å². The first-order chi connectivity index (χ1) is 9.43. The van der Waals surface area contributed by atoms with Gasteiger partial charge in [-0.2, -0.15) is 5.48 Å². The highest BCUT2D eigenvalue weighted by Crippen LogP contribution is 2.41. The minimum atomic E-state index is 0.604.